The van der Waals surface area contributed by atoms with E-state index in [2.05, 4.69) is 9.68 Å². The molecule has 0 radical (unpaired) electrons. The standard InChI is InChI=1S/C24H30ClN2O9P/c25-23-18-14-17(26-35-16-21(29)27-11-7-5-8-12-27)10-6-3-1-2-4-9-13-34-24(30)22(18)19(28)15-20(23)36-37(31,32)33/h2,4,6,10,15,28H,1,3,5,7-9,11-14,16H2,(H2,31,32,33)/b4-2+,10-6+,26-17+. The third-order valence-corrected chi connectivity index (χ3v) is 6.51. The predicted octanol–water partition coefficient (Wildman–Crippen LogP) is 3.90. The van der Waals surface area contributed by atoms with E-state index in [1.54, 1.807) is 11.0 Å². The maximum absolute atomic E-state index is 12.8. The fourth-order valence-electron chi connectivity index (χ4n) is 3.91. The molecule has 11 nitrogen and oxygen atoms in total. The number of hydrogen-bond donors (Lipinski definition) is 3. The summed E-state index contributed by atoms with van der Waals surface area (Å²) in [6, 6.07) is 0.838. The number of phosphoric ester groups is 1. The maximum atomic E-state index is 12.8. The first-order valence-electron chi connectivity index (χ1n) is 11.9. The molecule has 1 amide bonds. The van der Waals surface area contributed by atoms with E-state index in [1.807, 2.05) is 18.2 Å². The number of amides is 1. The summed E-state index contributed by atoms with van der Waals surface area (Å²) in [5, 5.41) is 14.3. The van der Waals surface area contributed by atoms with Gasteiger partial charge >= 0.3 is 13.8 Å². The smallest absolute Gasteiger partial charge is 0.507 e. The summed E-state index contributed by atoms with van der Waals surface area (Å²) in [5.41, 5.74) is -0.0807. The van der Waals surface area contributed by atoms with Gasteiger partial charge in [-0.1, -0.05) is 35.0 Å². The van der Waals surface area contributed by atoms with Crippen molar-refractivity contribution in [2.24, 2.45) is 5.16 Å². The maximum Gasteiger partial charge on any atom is 0.524 e. The van der Waals surface area contributed by atoms with Crippen LogP contribution in [0.2, 0.25) is 5.02 Å². The number of hydrogen-bond acceptors (Lipinski definition) is 8. The molecule has 0 unspecified atom stereocenters. The highest BCUT2D eigenvalue weighted by molar-refractivity contribution is 7.46. The minimum atomic E-state index is -5.03. The zero-order valence-electron chi connectivity index (χ0n) is 20.2. The first kappa shape index (κ1) is 28.7. The number of likely N-dealkylation sites (tertiary alicyclic amines) is 1. The number of ether oxygens (including phenoxy) is 1. The van der Waals surface area contributed by atoms with Gasteiger partial charge < -0.3 is 24.1 Å². The Labute approximate surface area is 219 Å². The van der Waals surface area contributed by atoms with Gasteiger partial charge in [0.1, 0.15) is 11.3 Å². The molecule has 3 rings (SSSR count). The quantitative estimate of drug-likeness (QED) is 0.212. The van der Waals surface area contributed by atoms with Crippen molar-refractivity contribution in [3.63, 3.8) is 0 Å². The van der Waals surface area contributed by atoms with Gasteiger partial charge in [0.2, 0.25) is 0 Å². The van der Waals surface area contributed by atoms with Crippen LogP contribution in [0, 0.1) is 0 Å². The summed E-state index contributed by atoms with van der Waals surface area (Å²) < 4.78 is 21.3. The topological polar surface area (TPSA) is 155 Å². The van der Waals surface area contributed by atoms with E-state index in [-0.39, 0.29) is 47.4 Å². The SMILES string of the molecule is O=C1OCC/C=C/CC/C=C/C(=N\OCC(=O)N2CCCCC2)Cc2c(Cl)c(OP(=O)(O)O)cc(O)c21. The lowest BCUT2D eigenvalue weighted by Crippen LogP contribution is -2.37. The minimum absolute atomic E-state index is 0.0305. The van der Waals surface area contributed by atoms with Crippen LogP contribution >= 0.6 is 19.4 Å². The molecule has 1 aromatic rings. The molecule has 1 fully saturated rings. The van der Waals surface area contributed by atoms with Gasteiger partial charge in [-0.15, -0.1) is 0 Å². The number of halogens is 1. The first-order valence-corrected chi connectivity index (χ1v) is 13.8. The summed E-state index contributed by atoms with van der Waals surface area (Å²) >= 11 is 6.39. The Bertz CT molecular complexity index is 1120. The lowest BCUT2D eigenvalue weighted by molar-refractivity contribution is -0.137. The Hall–Kier alpha value is -2.85. The lowest BCUT2D eigenvalue weighted by Gasteiger charge is -2.26. The molecule has 202 valence electrons. The Kier molecular flexibility index (Phi) is 10.6. The number of oxime groups is 1. The molecule has 1 aromatic carbocycles. The number of aromatic hydroxyl groups is 1. The van der Waals surface area contributed by atoms with Gasteiger partial charge in [0.25, 0.3) is 5.91 Å². The van der Waals surface area contributed by atoms with E-state index in [9.17, 15) is 29.0 Å². The number of rotatable bonds is 5. The van der Waals surface area contributed by atoms with E-state index in [1.165, 1.54) is 0 Å². The number of allylic oxidation sites excluding steroid dienone is 3. The van der Waals surface area contributed by atoms with Crippen LogP contribution in [0.1, 0.15) is 54.4 Å². The summed E-state index contributed by atoms with van der Waals surface area (Å²) in [6.45, 7) is 1.10. The van der Waals surface area contributed by atoms with Crippen molar-refractivity contribution in [1.29, 1.82) is 0 Å². The number of fused-ring (bicyclic) bond motifs is 1. The number of phosphoric acid groups is 1. The normalized spacial score (nSPS) is 20.4. The van der Waals surface area contributed by atoms with Crippen molar-refractivity contribution in [2.45, 2.75) is 44.9 Å². The highest BCUT2D eigenvalue weighted by Gasteiger charge is 2.28. The second-order valence-electron chi connectivity index (χ2n) is 8.49. The van der Waals surface area contributed by atoms with E-state index in [0.717, 1.165) is 31.7 Å². The van der Waals surface area contributed by atoms with Crippen molar-refractivity contribution < 1.29 is 43.1 Å². The number of phenolic OH excluding ortho intramolecular Hbond substituents is 1. The number of cyclic esters (lactones) is 1. The van der Waals surface area contributed by atoms with Crippen molar-refractivity contribution in [2.75, 3.05) is 26.3 Å². The third-order valence-electron chi connectivity index (χ3n) is 5.66. The van der Waals surface area contributed by atoms with Crippen molar-refractivity contribution in [1.82, 2.24) is 4.90 Å². The highest BCUT2D eigenvalue weighted by atomic mass is 35.5. The van der Waals surface area contributed by atoms with Gasteiger partial charge in [-0.05, 0) is 50.2 Å². The molecule has 0 atom stereocenters. The van der Waals surface area contributed by atoms with Crippen LogP contribution < -0.4 is 4.52 Å². The fourth-order valence-corrected chi connectivity index (χ4v) is 4.62. The molecule has 0 saturated carbocycles. The molecule has 2 aliphatic heterocycles. The zero-order chi connectivity index (χ0) is 26.8. The number of carbonyl (C=O) groups excluding carboxylic acids is 2. The Morgan fingerprint density at radius 2 is 1.84 bits per heavy atom. The average Bonchev–Trinajstić information content (AvgIpc) is 2.84. The van der Waals surface area contributed by atoms with Gasteiger partial charge in [-0.25, -0.2) is 9.36 Å². The van der Waals surface area contributed by atoms with Crippen LogP contribution in [0.5, 0.6) is 11.5 Å². The average molecular weight is 557 g/mol. The van der Waals surface area contributed by atoms with Crippen LogP contribution in [0.3, 0.4) is 0 Å². The van der Waals surface area contributed by atoms with Gasteiger partial charge in [0.15, 0.2) is 12.4 Å². The number of esters is 1. The third kappa shape index (κ3) is 8.89. The van der Waals surface area contributed by atoms with Gasteiger partial charge in [-0.2, -0.15) is 0 Å². The molecule has 2 heterocycles. The van der Waals surface area contributed by atoms with Crippen LogP contribution in [0.25, 0.3) is 0 Å². The summed E-state index contributed by atoms with van der Waals surface area (Å²) in [4.78, 5) is 50.8. The Balaban J connectivity index is 1.95. The lowest BCUT2D eigenvalue weighted by atomic mass is 9.99. The molecule has 0 aliphatic carbocycles. The van der Waals surface area contributed by atoms with Crippen LogP contribution in [0.15, 0.2) is 35.5 Å². The van der Waals surface area contributed by atoms with Crippen LogP contribution in [-0.2, 0) is 25.4 Å². The molecule has 0 bridgehead atoms. The number of piperidine rings is 1. The van der Waals surface area contributed by atoms with Crippen molar-refractivity contribution in [3.05, 3.63) is 46.5 Å². The predicted molar refractivity (Wildman–Crippen MR) is 136 cm³/mol. The number of nitrogens with zero attached hydrogens (tertiary/aromatic N) is 2. The fraction of sp³-hybridized carbons (Fsp3) is 0.458. The molecular formula is C24H30ClN2O9P. The van der Waals surface area contributed by atoms with E-state index in [4.69, 9.17) is 21.2 Å². The highest BCUT2D eigenvalue weighted by Crippen LogP contribution is 2.45. The van der Waals surface area contributed by atoms with Crippen LogP contribution in [-0.4, -0.2) is 63.7 Å². The molecule has 2 aliphatic rings. The number of carbonyl (C=O) groups is 2. The summed E-state index contributed by atoms with van der Waals surface area (Å²) in [5.74, 6) is -2.24. The van der Waals surface area contributed by atoms with Gasteiger partial charge in [0.05, 0.1) is 17.3 Å². The van der Waals surface area contributed by atoms with Crippen molar-refractivity contribution in [3.8, 4) is 11.5 Å². The van der Waals surface area contributed by atoms with E-state index in [0.29, 0.717) is 25.9 Å². The molecule has 1 saturated heterocycles. The largest absolute Gasteiger partial charge is 0.524 e. The zero-order valence-corrected chi connectivity index (χ0v) is 21.8. The Morgan fingerprint density at radius 3 is 2.57 bits per heavy atom. The van der Waals surface area contributed by atoms with Crippen molar-refractivity contribution >= 4 is 37.0 Å². The Morgan fingerprint density at radius 1 is 1.14 bits per heavy atom. The molecule has 0 spiro atoms. The second kappa shape index (κ2) is 13.6. The van der Waals surface area contributed by atoms with Crippen LogP contribution in [0.4, 0.5) is 0 Å². The van der Waals surface area contributed by atoms with Gasteiger partial charge in [-0.3, -0.25) is 14.6 Å². The second-order valence-corrected chi connectivity index (χ2v) is 10.0. The molecule has 37 heavy (non-hydrogen) atoms. The molecule has 13 heteroatoms. The summed E-state index contributed by atoms with van der Waals surface area (Å²) in [6.07, 6.45) is 11.9. The monoisotopic (exact) mass is 556 g/mol. The van der Waals surface area contributed by atoms with E-state index < -0.39 is 25.3 Å². The first-order chi connectivity index (χ1) is 17.7. The molecule has 3 N–H and O–H groups in total. The molecule has 0 aromatic heterocycles. The number of benzene rings is 1. The number of phenols is 1. The molecular weight excluding hydrogens is 527 g/mol. The van der Waals surface area contributed by atoms with E-state index >= 15 is 0 Å². The summed E-state index contributed by atoms with van der Waals surface area (Å²) in [7, 11) is -5.03. The minimum Gasteiger partial charge on any atom is -0.507 e. The van der Waals surface area contributed by atoms with Gasteiger partial charge in [0, 0.05) is 25.6 Å².